The summed E-state index contributed by atoms with van der Waals surface area (Å²) in [5.74, 6) is 1.82. The average Bonchev–Trinajstić information content (AvgIpc) is 3.28. The molecular formula is C20H26N4O5. The number of carbonyl (C=O) groups excluding carboxylic acids is 1. The van der Waals surface area contributed by atoms with Gasteiger partial charge in [-0.3, -0.25) is 23.9 Å². The van der Waals surface area contributed by atoms with Gasteiger partial charge in [0.25, 0.3) is 17.9 Å². The summed E-state index contributed by atoms with van der Waals surface area (Å²) in [4.78, 5) is 51.9. The zero-order valence-electron chi connectivity index (χ0n) is 16.6. The Bertz CT molecular complexity index is 1040. The molecular weight excluding hydrogens is 376 g/mol. The zero-order valence-corrected chi connectivity index (χ0v) is 16.6. The van der Waals surface area contributed by atoms with Crippen LogP contribution in [0, 0.1) is 24.7 Å². The zero-order chi connectivity index (χ0) is 21.1. The Balaban J connectivity index is 0.000000755. The van der Waals surface area contributed by atoms with E-state index in [1.54, 1.807) is 13.0 Å². The first kappa shape index (κ1) is 20.8. The lowest BCUT2D eigenvalue weighted by molar-refractivity contribution is -0.122. The topological polar surface area (TPSA) is 134 Å². The molecule has 9 nitrogen and oxygen atoms in total. The fourth-order valence-electron chi connectivity index (χ4n) is 4.90. The van der Waals surface area contributed by atoms with E-state index >= 15 is 0 Å². The minimum atomic E-state index is -0.572. The second-order valence-corrected chi connectivity index (χ2v) is 7.84. The van der Waals surface area contributed by atoms with E-state index in [0.29, 0.717) is 18.2 Å². The van der Waals surface area contributed by atoms with Crippen LogP contribution in [0.4, 0.5) is 0 Å². The van der Waals surface area contributed by atoms with E-state index in [-0.39, 0.29) is 29.0 Å². The molecule has 0 spiro atoms. The highest BCUT2D eigenvalue weighted by Crippen LogP contribution is 2.47. The monoisotopic (exact) mass is 402 g/mol. The molecule has 2 heterocycles. The van der Waals surface area contributed by atoms with E-state index in [4.69, 9.17) is 9.90 Å². The number of nitrogens with one attached hydrogen (secondary N) is 2. The number of pyridine rings is 1. The lowest BCUT2D eigenvalue weighted by Crippen LogP contribution is -2.34. The van der Waals surface area contributed by atoms with E-state index in [9.17, 15) is 14.4 Å². The maximum Gasteiger partial charge on any atom is 0.329 e. The van der Waals surface area contributed by atoms with E-state index in [1.807, 2.05) is 0 Å². The van der Waals surface area contributed by atoms with Crippen molar-refractivity contribution in [2.24, 2.45) is 24.8 Å². The molecule has 2 aromatic rings. The van der Waals surface area contributed by atoms with E-state index in [2.05, 4.69) is 15.3 Å². The molecule has 0 unspecified atom stereocenters. The third-order valence-electron chi connectivity index (χ3n) is 6.20. The fourth-order valence-corrected chi connectivity index (χ4v) is 4.90. The fraction of sp³-hybridized carbons (Fsp3) is 0.550. The van der Waals surface area contributed by atoms with E-state index in [0.717, 1.165) is 11.8 Å². The molecule has 0 bridgehead atoms. The maximum atomic E-state index is 12.8. The Morgan fingerprint density at radius 3 is 2.79 bits per heavy atom. The van der Waals surface area contributed by atoms with Gasteiger partial charge in [-0.25, -0.2) is 9.78 Å². The molecule has 0 radical (unpaired) electrons. The number of nitrogens with zero attached hydrogens (tertiary/aromatic N) is 2. The first-order valence-corrected chi connectivity index (χ1v) is 9.84. The summed E-state index contributed by atoms with van der Waals surface area (Å²) < 4.78 is 1.26. The molecule has 2 saturated carbocycles. The highest BCUT2D eigenvalue weighted by molar-refractivity contribution is 6.05. The van der Waals surface area contributed by atoms with Gasteiger partial charge in [0.2, 0.25) is 0 Å². The number of amides is 1. The standard InChI is InChI=1S/C19H24N4O3.CH2O2/c1-10-8-14(15-16(21-10)23(2)19(26)22-18(15)25)17(24)20-9-12-7-6-11-4-3-5-13(11)12;2-1-3/h8,11-13H,3-7,9H2,1-2H3,(H,20,24)(H,22,25,26);1H,(H,2,3)/t11-,12+,13-;/m0./s1. The number of carbonyl (C=O) groups is 2. The van der Waals surface area contributed by atoms with Crippen LogP contribution in [0.5, 0.6) is 0 Å². The second-order valence-electron chi connectivity index (χ2n) is 7.84. The average molecular weight is 402 g/mol. The van der Waals surface area contributed by atoms with Gasteiger partial charge in [0, 0.05) is 19.3 Å². The van der Waals surface area contributed by atoms with Gasteiger partial charge in [-0.15, -0.1) is 0 Å². The van der Waals surface area contributed by atoms with Crippen molar-refractivity contribution < 1.29 is 14.7 Å². The number of H-pyrrole nitrogens is 1. The number of aryl methyl sites for hydroxylation is 2. The lowest BCUT2D eigenvalue weighted by atomic mass is 9.92. The van der Waals surface area contributed by atoms with Gasteiger partial charge < -0.3 is 10.4 Å². The third-order valence-corrected chi connectivity index (χ3v) is 6.20. The largest absolute Gasteiger partial charge is 0.483 e. The van der Waals surface area contributed by atoms with Crippen LogP contribution in [0.15, 0.2) is 15.7 Å². The summed E-state index contributed by atoms with van der Waals surface area (Å²) in [6, 6.07) is 1.62. The van der Waals surface area contributed by atoms with Crippen molar-refractivity contribution in [1.29, 1.82) is 0 Å². The Hall–Kier alpha value is -2.97. The van der Waals surface area contributed by atoms with Crippen LogP contribution in [0.2, 0.25) is 0 Å². The summed E-state index contributed by atoms with van der Waals surface area (Å²) >= 11 is 0. The number of rotatable bonds is 3. The molecule has 2 aliphatic carbocycles. The van der Waals surface area contributed by atoms with Crippen molar-refractivity contribution in [1.82, 2.24) is 19.9 Å². The number of hydrogen-bond donors (Lipinski definition) is 3. The summed E-state index contributed by atoms with van der Waals surface area (Å²) in [7, 11) is 1.54. The minimum Gasteiger partial charge on any atom is -0.483 e. The number of hydrogen-bond acceptors (Lipinski definition) is 5. The molecule has 3 N–H and O–H groups in total. The molecule has 0 saturated heterocycles. The Labute approximate surface area is 167 Å². The number of fused-ring (bicyclic) bond motifs is 2. The molecule has 9 heteroatoms. The first-order chi connectivity index (χ1) is 13.9. The van der Waals surface area contributed by atoms with Crippen molar-refractivity contribution in [2.75, 3.05) is 6.54 Å². The molecule has 0 aromatic carbocycles. The van der Waals surface area contributed by atoms with E-state index in [1.165, 1.54) is 43.7 Å². The summed E-state index contributed by atoms with van der Waals surface area (Å²) in [5.41, 5.74) is 0.00794. The van der Waals surface area contributed by atoms with Crippen molar-refractivity contribution in [3.05, 3.63) is 38.2 Å². The van der Waals surface area contributed by atoms with E-state index < -0.39 is 11.2 Å². The molecule has 3 atom stereocenters. The highest BCUT2D eigenvalue weighted by Gasteiger charge is 2.38. The second kappa shape index (κ2) is 8.59. The van der Waals surface area contributed by atoms with Crippen LogP contribution in [-0.2, 0) is 11.8 Å². The van der Waals surface area contributed by atoms with Gasteiger partial charge in [0.1, 0.15) is 5.65 Å². The maximum absolute atomic E-state index is 12.8. The summed E-state index contributed by atoms with van der Waals surface area (Å²) in [5, 5.41) is 10.1. The van der Waals surface area contributed by atoms with Crippen LogP contribution < -0.4 is 16.6 Å². The number of carboxylic acid groups (broad SMARTS) is 1. The van der Waals surface area contributed by atoms with Gasteiger partial charge in [0.15, 0.2) is 0 Å². The smallest absolute Gasteiger partial charge is 0.329 e. The normalized spacial score (nSPS) is 22.6. The molecule has 2 aliphatic rings. The summed E-state index contributed by atoms with van der Waals surface area (Å²) in [6.45, 7) is 2.15. The first-order valence-electron chi connectivity index (χ1n) is 9.84. The van der Waals surface area contributed by atoms with Gasteiger partial charge in [-0.1, -0.05) is 12.8 Å². The number of aromatic nitrogens is 3. The van der Waals surface area contributed by atoms with Crippen LogP contribution in [0.25, 0.3) is 11.0 Å². The Kier molecular flexibility index (Phi) is 6.14. The van der Waals surface area contributed by atoms with Crippen LogP contribution in [0.3, 0.4) is 0 Å². The van der Waals surface area contributed by atoms with Gasteiger partial charge in [0.05, 0.1) is 10.9 Å². The lowest BCUT2D eigenvalue weighted by Gasteiger charge is -2.19. The number of aromatic amines is 1. The van der Waals surface area contributed by atoms with Gasteiger partial charge in [-0.2, -0.15) is 0 Å². The molecule has 156 valence electrons. The predicted molar refractivity (Wildman–Crippen MR) is 107 cm³/mol. The molecule has 4 rings (SSSR count). The van der Waals surface area contributed by atoms with Crippen LogP contribution in [0.1, 0.15) is 48.2 Å². The third kappa shape index (κ3) is 4.08. The molecule has 2 aromatic heterocycles. The van der Waals surface area contributed by atoms with Crippen molar-refractivity contribution in [3.63, 3.8) is 0 Å². The van der Waals surface area contributed by atoms with Crippen molar-refractivity contribution in [2.45, 2.75) is 39.0 Å². The predicted octanol–water partition coefficient (Wildman–Crippen LogP) is 1.19. The Morgan fingerprint density at radius 1 is 1.34 bits per heavy atom. The van der Waals surface area contributed by atoms with Gasteiger partial charge in [-0.05, 0) is 50.0 Å². The highest BCUT2D eigenvalue weighted by atomic mass is 16.3. The van der Waals surface area contributed by atoms with Crippen LogP contribution in [-0.4, -0.2) is 38.6 Å². The quantitative estimate of drug-likeness (QED) is 0.660. The minimum absolute atomic E-state index is 0.167. The SMILES string of the molecule is Cc1cc(C(=O)NC[C@H]2CC[C@@H]3CCC[C@@H]32)c2c(=O)[nH]c(=O)n(C)c2n1.O=CO. The molecule has 1 amide bonds. The molecule has 29 heavy (non-hydrogen) atoms. The van der Waals surface area contributed by atoms with Crippen molar-refractivity contribution in [3.8, 4) is 0 Å². The molecule has 2 fully saturated rings. The Morgan fingerprint density at radius 2 is 2.07 bits per heavy atom. The van der Waals surface area contributed by atoms with Crippen LogP contribution >= 0.6 is 0 Å². The van der Waals surface area contributed by atoms with Crippen molar-refractivity contribution >= 4 is 23.4 Å². The van der Waals surface area contributed by atoms with Gasteiger partial charge >= 0.3 is 5.69 Å². The summed E-state index contributed by atoms with van der Waals surface area (Å²) in [6.07, 6.45) is 6.33. The molecule has 0 aliphatic heterocycles.